The molecule has 3 heterocycles. The van der Waals surface area contributed by atoms with Gasteiger partial charge in [0, 0.05) is 24.2 Å². The van der Waals surface area contributed by atoms with Crippen LogP contribution >= 0.6 is 0 Å². The largest absolute Gasteiger partial charge is 0.493 e. The number of fused-ring (bicyclic) bond motifs is 1. The van der Waals surface area contributed by atoms with Crippen LogP contribution in [0.25, 0.3) is 5.69 Å². The van der Waals surface area contributed by atoms with Crippen molar-refractivity contribution in [1.82, 2.24) is 19.5 Å². The number of aromatic nitrogens is 4. The minimum atomic E-state index is 0.111. The monoisotopic (exact) mass is 494 g/mol. The van der Waals surface area contributed by atoms with Crippen molar-refractivity contribution in [2.45, 2.75) is 51.0 Å². The van der Waals surface area contributed by atoms with Gasteiger partial charge in [-0.3, -0.25) is 0 Å². The van der Waals surface area contributed by atoms with Gasteiger partial charge in [0.1, 0.15) is 12.1 Å². The zero-order chi connectivity index (χ0) is 25.1. The van der Waals surface area contributed by atoms with Crippen LogP contribution < -0.4 is 24.4 Å². The first-order valence-corrected chi connectivity index (χ1v) is 12.5. The van der Waals surface area contributed by atoms with Crippen molar-refractivity contribution in [3.8, 4) is 22.9 Å². The summed E-state index contributed by atoms with van der Waals surface area (Å²) in [7, 11) is 4.77. The van der Waals surface area contributed by atoms with Crippen molar-refractivity contribution in [2.24, 2.45) is 0 Å². The molecule has 2 aliphatic rings. The van der Waals surface area contributed by atoms with Crippen molar-refractivity contribution in [3.63, 3.8) is 0 Å². The van der Waals surface area contributed by atoms with Crippen LogP contribution in [0.2, 0.25) is 0 Å². The van der Waals surface area contributed by atoms with Crippen LogP contribution in [-0.2, 0) is 12.8 Å². The lowest BCUT2D eigenvalue weighted by Gasteiger charge is -2.27. The van der Waals surface area contributed by atoms with E-state index in [1.807, 2.05) is 22.9 Å². The van der Waals surface area contributed by atoms with Gasteiger partial charge in [0.25, 0.3) is 0 Å². The van der Waals surface area contributed by atoms with Gasteiger partial charge in [-0.05, 0) is 38.5 Å². The number of hydrogen-bond acceptors (Lipinski definition) is 9. The maximum Gasteiger partial charge on any atom is 0.230 e. The van der Waals surface area contributed by atoms with E-state index < -0.39 is 0 Å². The summed E-state index contributed by atoms with van der Waals surface area (Å²) in [6.45, 7) is 1.05. The highest BCUT2D eigenvalue weighted by Gasteiger charge is 2.29. The highest BCUT2D eigenvalue weighted by atomic mass is 16.5. The highest BCUT2D eigenvalue weighted by molar-refractivity contribution is 5.60. The third-order valence-electron chi connectivity index (χ3n) is 7.04. The molecule has 2 N–H and O–H groups in total. The molecule has 36 heavy (non-hydrogen) atoms. The third-order valence-corrected chi connectivity index (χ3v) is 7.04. The molecule has 0 saturated carbocycles. The number of hydrogen-bond donors (Lipinski definition) is 2. The second-order valence-electron chi connectivity index (χ2n) is 9.20. The number of aliphatic hydroxyl groups is 1. The van der Waals surface area contributed by atoms with Crippen LogP contribution in [0, 0.1) is 0 Å². The molecule has 1 fully saturated rings. The van der Waals surface area contributed by atoms with Crippen molar-refractivity contribution >= 4 is 17.6 Å². The number of ether oxygens (including phenoxy) is 3. The molecule has 1 atom stereocenters. The Morgan fingerprint density at radius 3 is 2.50 bits per heavy atom. The van der Waals surface area contributed by atoms with Crippen LogP contribution in [0.1, 0.15) is 43.4 Å². The van der Waals surface area contributed by atoms with Crippen molar-refractivity contribution < 1.29 is 19.3 Å². The van der Waals surface area contributed by atoms with Gasteiger partial charge in [-0.25, -0.2) is 9.97 Å². The van der Waals surface area contributed by atoms with Crippen LogP contribution in [0.5, 0.6) is 17.2 Å². The van der Waals surface area contributed by atoms with Gasteiger partial charge in [-0.15, -0.1) is 0 Å². The van der Waals surface area contributed by atoms with Crippen LogP contribution in [0.4, 0.5) is 17.6 Å². The zero-order valence-electron chi connectivity index (χ0n) is 21.2. The van der Waals surface area contributed by atoms with Crippen molar-refractivity contribution in [2.75, 3.05) is 44.7 Å². The number of rotatable bonds is 8. The summed E-state index contributed by atoms with van der Waals surface area (Å²) >= 11 is 0. The van der Waals surface area contributed by atoms with Gasteiger partial charge >= 0.3 is 0 Å². The highest BCUT2D eigenvalue weighted by Crippen LogP contribution is 2.39. The SMILES string of the molecule is COc1cc(-n2cnc(Nc3nc4c(c(N5CCC[C@H]5CO)n3)CCCCC4)c2)cc(OC)c1OC. The molecule has 3 aromatic rings. The summed E-state index contributed by atoms with van der Waals surface area (Å²) in [5.74, 6) is 3.80. The van der Waals surface area contributed by atoms with E-state index in [0.717, 1.165) is 62.3 Å². The maximum absolute atomic E-state index is 9.94. The predicted molar refractivity (Wildman–Crippen MR) is 137 cm³/mol. The standard InChI is InChI=1S/C26H34N6O4/c1-34-21-12-18(13-22(35-2)24(21)36-3)31-14-23(27-16-31)29-26-28-20-10-6-4-5-9-19(20)25(30-26)32-11-7-8-17(32)15-33/h12-14,16-17,33H,4-11,15H2,1-3H3,(H,28,29,30)/t17-/m0/s1. The molecule has 0 spiro atoms. The number of nitrogens with zero attached hydrogens (tertiary/aromatic N) is 5. The van der Waals surface area contributed by atoms with E-state index in [1.165, 1.54) is 12.0 Å². The summed E-state index contributed by atoms with van der Waals surface area (Å²) in [5, 5.41) is 13.3. The lowest BCUT2D eigenvalue weighted by molar-refractivity contribution is 0.266. The van der Waals surface area contributed by atoms with Gasteiger partial charge in [-0.1, -0.05) is 6.42 Å². The molecule has 0 bridgehead atoms. The topological polar surface area (TPSA) is 107 Å². The minimum Gasteiger partial charge on any atom is -0.493 e. The van der Waals surface area contributed by atoms with Crippen LogP contribution in [0.3, 0.4) is 0 Å². The van der Waals surface area contributed by atoms with E-state index in [2.05, 4.69) is 15.2 Å². The molecule has 10 heteroatoms. The van der Waals surface area contributed by atoms with Gasteiger partial charge in [0.05, 0.1) is 51.6 Å². The second-order valence-corrected chi connectivity index (χ2v) is 9.20. The molecule has 0 radical (unpaired) electrons. The molecule has 10 nitrogen and oxygen atoms in total. The first kappa shape index (κ1) is 24.2. The second kappa shape index (κ2) is 10.6. The van der Waals surface area contributed by atoms with Crippen molar-refractivity contribution in [3.05, 3.63) is 35.9 Å². The first-order chi connectivity index (χ1) is 17.6. The Morgan fingerprint density at radius 1 is 1.00 bits per heavy atom. The molecule has 0 amide bonds. The lowest BCUT2D eigenvalue weighted by atomic mass is 10.1. The Labute approximate surface area is 211 Å². The Hall–Kier alpha value is -3.53. The van der Waals surface area contributed by atoms with E-state index in [1.54, 1.807) is 27.7 Å². The number of imidazole rings is 1. The smallest absolute Gasteiger partial charge is 0.230 e. The fraction of sp³-hybridized carbons (Fsp3) is 0.500. The minimum absolute atomic E-state index is 0.111. The molecular weight excluding hydrogens is 460 g/mol. The number of anilines is 3. The summed E-state index contributed by atoms with van der Waals surface area (Å²) in [4.78, 5) is 16.6. The Balaban J connectivity index is 1.46. The molecule has 1 aliphatic heterocycles. The number of methoxy groups -OCH3 is 3. The fourth-order valence-corrected chi connectivity index (χ4v) is 5.21. The van der Waals surface area contributed by atoms with E-state index in [9.17, 15) is 5.11 Å². The van der Waals surface area contributed by atoms with E-state index in [0.29, 0.717) is 29.0 Å². The Morgan fingerprint density at radius 2 is 1.78 bits per heavy atom. The third kappa shape index (κ3) is 4.65. The molecule has 1 aromatic carbocycles. The van der Waals surface area contributed by atoms with Gasteiger partial charge in [-0.2, -0.15) is 4.98 Å². The average Bonchev–Trinajstić information content (AvgIpc) is 3.51. The molecule has 0 unspecified atom stereocenters. The van der Waals surface area contributed by atoms with E-state index >= 15 is 0 Å². The molecule has 2 aromatic heterocycles. The lowest BCUT2D eigenvalue weighted by Crippen LogP contribution is -2.34. The van der Waals surface area contributed by atoms with Gasteiger partial charge in [0.15, 0.2) is 17.3 Å². The number of benzene rings is 1. The van der Waals surface area contributed by atoms with Gasteiger partial charge in [0.2, 0.25) is 11.7 Å². The number of aryl methyl sites for hydroxylation is 1. The maximum atomic E-state index is 9.94. The summed E-state index contributed by atoms with van der Waals surface area (Å²) in [6, 6.07) is 3.85. The molecule has 1 saturated heterocycles. The van der Waals surface area contributed by atoms with Gasteiger partial charge < -0.3 is 34.1 Å². The average molecular weight is 495 g/mol. The number of aliphatic hydroxyl groups excluding tert-OH is 1. The molecule has 5 rings (SSSR count). The Kier molecular flexibility index (Phi) is 7.13. The van der Waals surface area contributed by atoms with Crippen LogP contribution in [-0.4, -0.2) is 65.1 Å². The Bertz CT molecular complexity index is 1190. The predicted octanol–water partition coefficient (Wildman–Crippen LogP) is 3.66. The normalized spacial score (nSPS) is 17.4. The van der Waals surface area contributed by atoms with E-state index in [4.69, 9.17) is 24.2 Å². The van der Waals surface area contributed by atoms with Crippen LogP contribution in [0.15, 0.2) is 24.7 Å². The molecule has 192 valence electrons. The zero-order valence-corrected chi connectivity index (χ0v) is 21.2. The molecule has 1 aliphatic carbocycles. The quantitative estimate of drug-likeness (QED) is 0.454. The van der Waals surface area contributed by atoms with E-state index in [-0.39, 0.29) is 12.6 Å². The van der Waals surface area contributed by atoms with Crippen molar-refractivity contribution in [1.29, 1.82) is 0 Å². The summed E-state index contributed by atoms with van der Waals surface area (Å²) in [5.41, 5.74) is 3.16. The summed E-state index contributed by atoms with van der Waals surface area (Å²) < 4.78 is 18.3. The number of nitrogens with one attached hydrogen (secondary N) is 1. The fourth-order valence-electron chi connectivity index (χ4n) is 5.21. The molecular formula is C26H34N6O4. The summed E-state index contributed by atoms with van der Waals surface area (Å²) in [6.07, 6.45) is 11.0. The first-order valence-electron chi connectivity index (χ1n) is 12.5.